The normalized spacial score (nSPS) is 22.4. The maximum absolute atomic E-state index is 14.5. The lowest BCUT2D eigenvalue weighted by Crippen LogP contribution is -2.50. The number of piperidine rings is 1. The van der Waals surface area contributed by atoms with Gasteiger partial charge in [0.05, 0.1) is 18.8 Å². The molecule has 2 unspecified atom stereocenters. The molecule has 37 heavy (non-hydrogen) atoms. The van der Waals surface area contributed by atoms with Crippen LogP contribution in [-0.4, -0.2) is 73.1 Å². The number of nitrogens with one attached hydrogen (secondary N) is 1. The molecule has 1 aromatic carbocycles. The monoisotopic (exact) mass is 596 g/mol. The number of alkyl halides is 1. The summed E-state index contributed by atoms with van der Waals surface area (Å²) < 4.78 is 39.7. The summed E-state index contributed by atoms with van der Waals surface area (Å²) in [5.41, 5.74) is 1.32. The average Bonchev–Trinajstić information content (AvgIpc) is 3.40. The number of nitrogens with zero attached hydrogens (tertiary/aromatic N) is 3. The van der Waals surface area contributed by atoms with Crippen LogP contribution in [0.15, 0.2) is 50.5 Å². The van der Waals surface area contributed by atoms with E-state index in [-0.39, 0.29) is 44.5 Å². The van der Waals surface area contributed by atoms with E-state index in [9.17, 15) is 18.4 Å². The van der Waals surface area contributed by atoms with Crippen LogP contribution in [0.25, 0.3) is 0 Å². The Morgan fingerprint density at radius 3 is 2.92 bits per heavy atom. The first-order valence-electron chi connectivity index (χ1n) is 11.9. The van der Waals surface area contributed by atoms with E-state index in [1.54, 1.807) is 19.2 Å². The van der Waals surface area contributed by atoms with Crippen LogP contribution in [0.5, 0.6) is 0 Å². The number of halogens is 3. The number of hydrogen-bond donors (Lipinski definition) is 1. The molecule has 0 aliphatic carbocycles. The largest absolute Gasteiger partial charge is 0.463 e. The first-order valence-corrected chi connectivity index (χ1v) is 13.6. The van der Waals surface area contributed by atoms with E-state index >= 15 is 0 Å². The van der Waals surface area contributed by atoms with Crippen LogP contribution in [0.1, 0.15) is 36.4 Å². The zero-order valence-corrected chi connectivity index (χ0v) is 22.6. The predicted octanol–water partition coefficient (Wildman–Crippen LogP) is 3.97. The molecule has 3 atom stereocenters. The van der Waals surface area contributed by atoms with Crippen molar-refractivity contribution in [3.8, 4) is 0 Å². The molecule has 0 spiro atoms. The second kappa shape index (κ2) is 12.8. The van der Waals surface area contributed by atoms with Gasteiger partial charge in [-0.05, 0) is 37.5 Å². The Balaban J connectivity index is 1.78. The summed E-state index contributed by atoms with van der Waals surface area (Å²) in [6.45, 7) is 2.40. The van der Waals surface area contributed by atoms with Crippen molar-refractivity contribution < 1.29 is 27.8 Å². The number of likely N-dealkylation sites (tertiary alicyclic amines) is 1. The molecule has 0 bridgehead atoms. The topological polar surface area (TPSA) is 93.1 Å². The summed E-state index contributed by atoms with van der Waals surface area (Å²) in [6, 6.07) is 3.23. The van der Waals surface area contributed by atoms with Gasteiger partial charge >= 0.3 is 5.97 Å². The van der Waals surface area contributed by atoms with Gasteiger partial charge in [0.2, 0.25) is 0 Å². The van der Waals surface area contributed by atoms with E-state index in [1.807, 2.05) is 10.3 Å². The Bertz CT molecular complexity index is 1180. The number of benzene rings is 1. The van der Waals surface area contributed by atoms with Crippen molar-refractivity contribution >= 4 is 45.4 Å². The highest BCUT2D eigenvalue weighted by Gasteiger charge is 2.36. The lowest BCUT2D eigenvalue weighted by molar-refractivity contribution is -0.139. The van der Waals surface area contributed by atoms with Gasteiger partial charge in [0.15, 0.2) is 10.8 Å². The zero-order chi connectivity index (χ0) is 26.4. The third-order valence-corrected chi connectivity index (χ3v) is 7.60. The molecule has 8 nitrogen and oxygen atoms in total. The van der Waals surface area contributed by atoms with Crippen molar-refractivity contribution in [3.05, 3.63) is 61.9 Å². The number of aldehydes is 1. The number of carbonyl (C=O) groups excluding carboxylic acids is 2. The third kappa shape index (κ3) is 6.67. The summed E-state index contributed by atoms with van der Waals surface area (Å²) in [5, 5.41) is 5.67. The first kappa shape index (κ1) is 27.5. The average molecular weight is 597 g/mol. The summed E-state index contributed by atoms with van der Waals surface area (Å²) in [6.07, 6.45) is 2.22. The molecule has 2 aliphatic rings. The smallest absolute Gasteiger partial charge is 0.338 e. The van der Waals surface area contributed by atoms with E-state index < -0.39 is 24.0 Å². The number of rotatable bonds is 10. The lowest BCUT2D eigenvalue weighted by Gasteiger charge is -2.39. The summed E-state index contributed by atoms with van der Waals surface area (Å²) in [7, 11) is 0. The fraction of sp³-hybridized carbons (Fsp3) is 0.440. The molecule has 2 aliphatic heterocycles. The van der Waals surface area contributed by atoms with Crippen molar-refractivity contribution in [1.29, 1.82) is 0 Å². The van der Waals surface area contributed by atoms with Crippen LogP contribution in [0.3, 0.4) is 0 Å². The number of esters is 1. The van der Waals surface area contributed by atoms with Gasteiger partial charge in [0, 0.05) is 40.9 Å². The fourth-order valence-electron chi connectivity index (χ4n) is 4.46. The van der Waals surface area contributed by atoms with Crippen LogP contribution in [-0.2, 0) is 19.1 Å². The van der Waals surface area contributed by atoms with Gasteiger partial charge in [-0.3, -0.25) is 9.89 Å². The molecule has 1 saturated heterocycles. The quantitative estimate of drug-likeness (QED) is 0.252. The van der Waals surface area contributed by atoms with Gasteiger partial charge in [-0.25, -0.2) is 18.6 Å². The van der Waals surface area contributed by atoms with Crippen LogP contribution < -0.4 is 5.32 Å². The van der Waals surface area contributed by atoms with E-state index in [0.29, 0.717) is 45.7 Å². The molecule has 0 amide bonds. The highest BCUT2D eigenvalue weighted by molar-refractivity contribution is 9.10. The number of aliphatic imine (C=N–C) groups is 1. The number of thiazole rings is 1. The van der Waals surface area contributed by atoms with E-state index in [4.69, 9.17) is 14.5 Å². The molecule has 1 aromatic heterocycles. The predicted molar refractivity (Wildman–Crippen MR) is 139 cm³/mol. The highest BCUT2D eigenvalue weighted by Crippen LogP contribution is 2.37. The van der Waals surface area contributed by atoms with Crippen molar-refractivity contribution in [2.75, 3.05) is 32.9 Å². The van der Waals surface area contributed by atoms with Gasteiger partial charge < -0.3 is 19.6 Å². The number of amidine groups is 1. The third-order valence-electron chi connectivity index (χ3n) is 6.13. The molecular weight excluding hydrogens is 570 g/mol. The van der Waals surface area contributed by atoms with Crippen molar-refractivity contribution in [3.63, 3.8) is 0 Å². The number of ether oxygens (including phenoxy) is 2. The van der Waals surface area contributed by atoms with Gasteiger partial charge in [0.1, 0.15) is 30.9 Å². The van der Waals surface area contributed by atoms with Crippen molar-refractivity contribution in [1.82, 2.24) is 15.2 Å². The highest BCUT2D eigenvalue weighted by atomic mass is 79.9. The number of aromatic nitrogens is 1. The summed E-state index contributed by atoms with van der Waals surface area (Å²) in [5.74, 6) is -0.561. The van der Waals surface area contributed by atoms with Crippen LogP contribution in [0, 0.1) is 5.82 Å². The van der Waals surface area contributed by atoms with E-state index in [0.717, 1.165) is 0 Å². The molecule has 1 N–H and O–H groups in total. The lowest BCUT2D eigenvalue weighted by atomic mass is 9.94. The minimum absolute atomic E-state index is 0.0417. The SMILES string of the molecule is CCOC(=O)C1=C(CN2CC(F)CCC2COCC=O)NC(c2nccs2)=N[C@H]1c1ccc(F)cc1Br. The Labute approximate surface area is 225 Å². The Morgan fingerprint density at radius 1 is 1.38 bits per heavy atom. The Hall–Kier alpha value is -2.54. The first-order chi connectivity index (χ1) is 17.9. The molecule has 3 heterocycles. The molecule has 2 aromatic rings. The summed E-state index contributed by atoms with van der Waals surface area (Å²) >= 11 is 4.79. The standard InChI is InChI=1S/C25H27BrF2N4O4S/c1-2-36-25(34)21-20(13-32-12-16(28)3-5-17(32)14-35-9-8-33)30-23(24-29-7-10-37-24)31-22(21)18-6-4-15(27)11-19(18)26/h4,6-8,10-11,16-17,22H,2-3,5,9,12-14H2,1H3,(H,30,31)/t16?,17?,22-/m0/s1. The minimum Gasteiger partial charge on any atom is -0.463 e. The fourth-order valence-corrected chi connectivity index (χ4v) is 5.61. The number of carbonyl (C=O) groups is 2. The maximum atomic E-state index is 14.5. The van der Waals surface area contributed by atoms with Crippen molar-refractivity contribution in [2.24, 2.45) is 4.99 Å². The van der Waals surface area contributed by atoms with Gasteiger partial charge in [-0.15, -0.1) is 11.3 Å². The van der Waals surface area contributed by atoms with Gasteiger partial charge in [-0.1, -0.05) is 22.0 Å². The number of hydrogen-bond acceptors (Lipinski definition) is 9. The van der Waals surface area contributed by atoms with Crippen LogP contribution in [0.2, 0.25) is 0 Å². The minimum atomic E-state index is -1.04. The Kier molecular flexibility index (Phi) is 9.52. The second-order valence-corrected chi connectivity index (χ2v) is 10.3. The molecule has 0 radical (unpaired) electrons. The molecule has 198 valence electrons. The summed E-state index contributed by atoms with van der Waals surface area (Å²) in [4.78, 5) is 35.1. The van der Waals surface area contributed by atoms with Crippen LogP contribution >= 0.6 is 27.3 Å². The van der Waals surface area contributed by atoms with Crippen LogP contribution in [0.4, 0.5) is 8.78 Å². The molecule has 4 rings (SSSR count). The molecule has 1 fully saturated rings. The van der Waals surface area contributed by atoms with Gasteiger partial charge in [-0.2, -0.15) is 0 Å². The molecule has 12 heteroatoms. The van der Waals surface area contributed by atoms with Crippen molar-refractivity contribution in [2.45, 2.75) is 38.0 Å². The molecular formula is C25H27BrF2N4O4S. The molecule has 0 saturated carbocycles. The maximum Gasteiger partial charge on any atom is 0.338 e. The van der Waals surface area contributed by atoms with Gasteiger partial charge in [0.25, 0.3) is 0 Å². The Morgan fingerprint density at radius 2 is 2.22 bits per heavy atom. The second-order valence-electron chi connectivity index (χ2n) is 8.58. The van der Waals surface area contributed by atoms with E-state index in [1.165, 1.54) is 23.5 Å². The zero-order valence-electron chi connectivity index (χ0n) is 20.2. The van der Waals surface area contributed by atoms with E-state index in [2.05, 4.69) is 26.2 Å².